The van der Waals surface area contributed by atoms with Crippen LogP contribution in [0.2, 0.25) is 0 Å². The predicted molar refractivity (Wildman–Crippen MR) is 43.0 cm³/mol. The first-order chi connectivity index (χ1) is 6.82. The maximum atomic E-state index is 12.1. The Morgan fingerprint density at radius 3 is 2.47 bits per heavy atom. The Kier molecular flexibility index (Phi) is 3.21. The SMILES string of the molecule is O=C(O)C[C@@H]1CCCN1C(=O)C(F)(F)F. The largest absolute Gasteiger partial charge is 0.481 e. The summed E-state index contributed by atoms with van der Waals surface area (Å²) in [6, 6.07) is -0.823. The minimum atomic E-state index is -4.92. The molecular formula is C8H10F3NO3. The van der Waals surface area contributed by atoms with Gasteiger partial charge in [0.2, 0.25) is 0 Å². The number of hydrogen-bond acceptors (Lipinski definition) is 2. The van der Waals surface area contributed by atoms with E-state index < -0.39 is 30.5 Å². The van der Waals surface area contributed by atoms with Gasteiger partial charge in [-0.25, -0.2) is 0 Å². The van der Waals surface area contributed by atoms with Gasteiger partial charge in [-0.05, 0) is 12.8 Å². The van der Waals surface area contributed by atoms with Gasteiger partial charge in [-0.15, -0.1) is 0 Å². The second kappa shape index (κ2) is 4.08. The van der Waals surface area contributed by atoms with E-state index in [1.807, 2.05) is 0 Å². The minimum Gasteiger partial charge on any atom is -0.481 e. The molecule has 7 heteroatoms. The van der Waals surface area contributed by atoms with E-state index in [-0.39, 0.29) is 6.54 Å². The van der Waals surface area contributed by atoms with Crippen LogP contribution in [0.5, 0.6) is 0 Å². The number of aliphatic carboxylic acids is 1. The third kappa shape index (κ3) is 2.84. The number of rotatable bonds is 2. The van der Waals surface area contributed by atoms with Crippen molar-refractivity contribution in [2.45, 2.75) is 31.5 Å². The number of halogens is 3. The lowest BCUT2D eigenvalue weighted by Crippen LogP contribution is -2.44. The molecular weight excluding hydrogens is 215 g/mol. The van der Waals surface area contributed by atoms with Crippen molar-refractivity contribution in [2.75, 3.05) is 6.54 Å². The van der Waals surface area contributed by atoms with Crippen molar-refractivity contribution >= 4 is 11.9 Å². The summed E-state index contributed by atoms with van der Waals surface area (Å²) in [7, 11) is 0. The molecule has 1 aliphatic rings. The van der Waals surface area contributed by atoms with E-state index in [0.29, 0.717) is 17.7 Å². The molecule has 1 N–H and O–H groups in total. The lowest BCUT2D eigenvalue weighted by atomic mass is 10.1. The highest BCUT2D eigenvalue weighted by Gasteiger charge is 2.46. The first-order valence-corrected chi connectivity index (χ1v) is 4.42. The van der Waals surface area contributed by atoms with Crippen molar-refractivity contribution in [3.63, 3.8) is 0 Å². The molecule has 4 nitrogen and oxygen atoms in total. The topological polar surface area (TPSA) is 57.6 Å². The minimum absolute atomic E-state index is 0.0176. The summed E-state index contributed by atoms with van der Waals surface area (Å²) < 4.78 is 36.2. The second-order valence-corrected chi connectivity index (χ2v) is 3.39. The lowest BCUT2D eigenvalue weighted by Gasteiger charge is -2.24. The highest BCUT2D eigenvalue weighted by Crippen LogP contribution is 2.26. The Morgan fingerprint density at radius 2 is 2.00 bits per heavy atom. The molecule has 1 amide bonds. The standard InChI is InChI=1S/C8H10F3NO3/c9-8(10,11)7(15)12-3-1-2-5(12)4-6(13)14/h5H,1-4H2,(H,13,14)/t5-/m0/s1. The van der Waals surface area contributed by atoms with Crippen LogP contribution in [0.1, 0.15) is 19.3 Å². The zero-order valence-corrected chi connectivity index (χ0v) is 7.75. The molecule has 0 saturated carbocycles. The number of alkyl halides is 3. The van der Waals surface area contributed by atoms with Crippen LogP contribution in [0.4, 0.5) is 13.2 Å². The summed E-state index contributed by atoms with van der Waals surface area (Å²) in [5.74, 6) is -3.13. The van der Waals surface area contributed by atoms with Gasteiger partial charge in [0, 0.05) is 12.6 Å². The highest BCUT2D eigenvalue weighted by atomic mass is 19.4. The van der Waals surface area contributed by atoms with E-state index in [4.69, 9.17) is 5.11 Å². The molecule has 0 aromatic carbocycles. The number of likely N-dealkylation sites (tertiary alicyclic amines) is 1. The lowest BCUT2D eigenvalue weighted by molar-refractivity contribution is -0.186. The summed E-state index contributed by atoms with van der Waals surface area (Å²) in [6.45, 7) is -0.0176. The van der Waals surface area contributed by atoms with Crippen molar-refractivity contribution in [3.8, 4) is 0 Å². The van der Waals surface area contributed by atoms with Crippen molar-refractivity contribution in [1.29, 1.82) is 0 Å². The van der Waals surface area contributed by atoms with Gasteiger partial charge in [0.05, 0.1) is 6.42 Å². The molecule has 15 heavy (non-hydrogen) atoms. The molecule has 0 radical (unpaired) electrons. The molecule has 0 bridgehead atoms. The van der Waals surface area contributed by atoms with Crippen molar-refractivity contribution in [3.05, 3.63) is 0 Å². The van der Waals surface area contributed by atoms with Crippen molar-refractivity contribution < 1.29 is 27.9 Å². The quantitative estimate of drug-likeness (QED) is 0.763. The molecule has 1 aliphatic heterocycles. The van der Waals surface area contributed by atoms with Crippen LogP contribution >= 0.6 is 0 Å². The first-order valence-electron chi connectivity index (χ1n) is 4.42. The van der Waals surface area contributed by atoms with Crippen LogP contribution in [-0.2, 0) is 9.59 Å². The number of hydrogen-bond donors (Lipinski definition) is 1. The molecule has 1 atom stereocenters. The Balaban J connectivity index is 2.68. The van der Waals surface area contributed by atoms with Crippen LogP contribution in [0.15, 0.2) is 0 Å². The van der Waals surface area contributed by atoms with E-state index in [2.05, 4.69) is 0 Å². The van der Waals surface area contributed by atoms with Gasteiger partial charge in [0.25, 0.3) is 0 Å². The smallest absolute Gasteiger partial charge is 0.471 e. The number of nitrogens with zero attached hydrogens (tertiary/aromatic N) is 1. The maximum Gasteiger partial charge on any atom is 0.471 e. The molecule has 0 spiro atoms. The van der Waals surface area contributed by atoms with Crippen LogP contribution in [0.3, 0.4) is 0 Å². The van der Waals surface area contributed by atoms with Crippen LogP contribution < -0.4 is 0 Å². The molecule has 1 saturated heterocycles. The maximum absolute atomic E-state index is 12.1. The Morgan fingerprint density at radius 1 is 1.40 bits per heavy atom. The van der Waals surface area contributed by atoms with Gasteiger partial charge in [-0.2, -0.15) is 13.2 Å². The van der Waals surface area contributed by atoms with Crippen molar-refractivity contribution in [2.24, 2.45) is 0 Å². The number of amides is 1. The molecule has 86 valence electrons. The fourth-order valence-electron chi connectivity index (χ4n) is 1.68. The first kappa shape index (κ1) is 11.8. The van der Waals surface area contributed by atoms with Gasteiger partial charge < -0.3 is 10.0 Å². The molecule has 1 rings (SSSR count). The average molecular weight is 225 g/mol. The monoisotopic (exact) mass is 225 g/mol. The molecule has 0 unspecified atom stereocenters. The molecule has 1 fully saturated rings. The normalized spacial score (nSPS) is 21.8. The molecule has 0 aliphatic carbocycles. The van der Waals surface area contributed by atoms with Gasteiger partial charge in [0.1, 0.15) is 0 Å². The molecule has 0 aromatic heterocycles. The number of carbonyl (C=O) groups is 2. The zero-order chi connectivity index (χ0) is 11.6. The summed E-state index contributed by atoms with van der Waals surface area (Å²) in [6.07, 6.45) is -4.61. The third-order valence-corrected chi connectivity index (χ3v) is 2.29. The Hall–Kier alpha value is -1.27. The van der Waals surface area contributed by atoms with Gasteiger partial charge >= 0.3 is 18.1 Å². The van der Waals surface area contributed by atoms with Gasteiger partial charge in [-0.3, -0.25) is 9.59 Å². The summed E-state index contributed by atoms with van der Waals surface area (Å²) in [5, 5.41) is 8.46. The summed E-state index contributed by atoms with van der Waals surface area (Å²) in [5.41, 5.74) is 0. The van der Waals surface area contributed by atoms with E-state index in [1.54, 1.807) is 0 Å². The van der Waals surface area contributed by atoms with Crippen LogP contribution in [0, 0.1) is 0 Å². The Bertz CT molecular complexity index is 277. The number of carbonyl (C=O) groups excluding carboxylic acids is 1. The number of carboxylic acid groups (broad SMARTS) is 1. The predicted octanol–water partition coefficient (Wildman–Crippen LogP) is 1.01. The van der Waals surface area contributed by atoms with E-state index in [1.165, 1.54) is 0 Å². The van der Waals surface area contributed by atoms with E-state index in [9.17, 15) is 22.8 Å². The molecule has 1 heterocycles. The average Bonchev–Trinajstić information content (AvgIpc) is 2.48. The van der Waals surface area contributed by atoms with Gasteiger partial charge in [-0.1, -0.05) is 0 Å². The van der Waals surface area contributed by atoms with Crippen molar-refractivity contribution in [1.82, 2.24) is 4.90 Å². The van der Waals surface area contributed by atoms with Crippen LogP contribution in [0.25, 0.3) is 0 Å². The Labute approximate surface area is 83.7 Å². The second-order valence-electron chi connectivity index (χ2n) is 3.39. The van der Waals surface area contributed by atoms with Gasteiger partial charge in [0.15, 0.2) is 0 Å². The zero-order valence-electron chi connectivity index (χ0n) is 7.75. The fraction of sp³-hybridized carbons (Fsp3) is 0.750. The van der Waals surface area contributed by atoms with E-state index >= 15 is 0 Å². The highest BCUT2D eigenvalue weighted by molar-refractivity contribution is 5.83. The summed E-state index contributed by atoms with van der Waals surface area (Å²) >= 11 is 0. The summed E-state index contributed by atoms with van der Waals surface area (Å²) in [4.78, 5) is 21.8. The molecule has 0 aromatic rings. The fourth-order valence-corrected chi connectivity index (χ4v) is 1.68. The number of carboxylic acids is 1. The third-order valence-electron chi connectivity index (χ3n) is 2.29. The van der Waals surface area contributed by atoms with E-state index in [0.717, 1.165) is 0 Å². The van der Waals surface area contributed by atoms with Crippen LogP contribution in [-0.4, -0.2) is 40.6 Å².